The second kappa shape index (κ2) is 10.9. The van der Waals surface area contributed by atoms with Crippen molar-refractivity contribution in [3.05, 3.63) is 82.4 Å². The summed E-state index contributed by atoms with van der Waals surface area (Å²) in [4.78, 5) is 18.3. The van der Waals surface area contributed by atoms with Crippen LogP contribution < -0.4 is 24.3 Å². The molecule has 0 unspecified atom stereocenters. The van der Waals surface area contributed by atoms with Crippen molar-refractivity contribution in [3.63, 3.8) is 0 Å². The number of hydrogen-bond acceptors (Lipinski definition) is 7. The number of phenols is 1. The lowest BCUT2D eigenvalue weighted by molar-refractivity contribution is -0.117. The van der Waals surface area contributed by atoms with Gasteiger partial charge in [0.15, 0.2) is 23.0 Å². The Morgan fingerprint density at radius 2 is 1.56 bits per heavy atom. The minimum Gasteiger partial charge on any atom is -0.507 e. The standard InChI is InChI=1S/C28H28N2O6/c1-33-23-10-9-17(11-24(23)34-2)15-30-28(32)21-12-18-13-25(35-3)26(36-4)14-19(18)16-29-27(21)20-7-5-6-8-22(20)31/h5-14,31H,15-16H2,1-4H3,(H,30,32). The maximum absolute atomic E-state index is 13.5. The van der Waals surface area contributed by atoms with Gasteiger partial charge in [0.1, 0.15) is 5.75 Å². The fourth-order valence-electron chi connectivity index (χ4n) is 4.03. The number of carbonyl (C=O) groups excluding carboxylic acids is 1. The Hall–Kier alpha value is -4.46. The summed E-state index contributed by atoms with van der Waals surface area (Å²) in [5.74, 6) is 2.00. The highest BCUT2D eigenvalue weighted by Crippen LogP contribution is 2.34. The topological polar surface area (TPSA) is 98.6 Å². The summed E-state index contributed by atoms with van der Waals surface area (Å²) >= 11 is 0. The maximum Gasteiger partial charge on any atom is 0.253 e. The van der Waals surface area contributed by atoms with E-state index in [1.165, 1.54) is 0 Å². The molecule has 0 aliphatic carbocycles. The number of nitrogens with zero attached hydrogens (tertiary/aromatic N) is 1. The Bertz CT molecular complexity index is 1350. The number of aromatic hydroxyl groups is 1. The minimum atomic E-state index is -0.338. The molecule has 1 aliphatic heterocycles. The van der Waals surface area contributed by atoms with E-state index < -0.39 is 0 Å². The Labute approximate surface area is 209 Å². The van der Waals surface area contributed by atoms with Crippen LogP contribution in [0.2, 0.25) is 0 Å². The summed E-state index contributed by atoms with van der Waals surface area (Å²) in [6, 6.07) is 15.9. The van der Waals surface area contributed by atoms with Gasteiger partial charge >= 0.3 is 0 Å². The van der Waals surface area contributed by atoms with E-state index in [9.17, 15) is 9.90 Å². The molecule has 8 heteroatoms. The van der Waals surface area contributed by atoms with Gasteiger partial charge in [-0.05, 0) is 59.2 Å². The van der Waals surface area contributed by atoms with Gasteiger partial charge < -0.3 is 29.4 Å². The number of rotatable bonds is 8. The summed E-state index contributed by atoms with van der Waals surface area (Å²) in [6.45, 7) is 0.547. The lowest BCUT2D eigenvalue weighted by Crippen LogP contribution is -2.28. The van der Waals surface area contributed by atoms with Crippen LogP contribution in [0.15, 0.2) is 65.2 Å². The zero-order chi connectivity index (χ0) is 25.7. The summed E-state index contributed by atoms with van der Waals surface area (Å²) in [6.07, 6.45) is 1.76. The third-order valence-electron chi connectivity index (χ3n) is 5.91. The average molecular weight is 489 g/mol. The zero-order valence-electron chi connectivity index (χ0n) is 20.6. The molecule has 8 nitrogen and oxygen atoms in total. The molecule has 1 amide bonds. The summed E-state index contributed by atoms with van der Waals surface area (Å²) in [7, 11) is 6.26. The first-order valence-corrected chi connectivity index (χ1v) is 11.3. The molecule has 0 saturated heterocycles. The first-order valence-electron chi connectivity index (χ1n) is 11.3. The lowest BCUT2D eigenvalue weighted by atomic mass is 9.98. The third kappa shape index (κ3) is 4.98. The molecule has 0 atom stereocenters. The molecular formula is C28H28N2O6. The molecule has 1 heterocycles. The number of hydrogen-bond donors (Lipinski definition) is 2. The Morgan fingerprint density at radius 3 is 2.25 bits per heavy atom. The first kappa shape index (κ1) is 24.7. The van der Waals surface area contributed by atoms with Crippen LogP contribution in [0.5, 0.6) is 28.7 Å². The number of amides is 1. The van der Waals surface area contributed by atoms with Gasteiger partial charge in [0, 0.05) is 12.1 Å². The highest BCUT2D eigenvalue weighted by atomic mass is 16.5. The SMILES string of the molecule is COc1ccc(CNC(=O)C2=Cc3cc(OC)c(OC)cc3CN=C2c2ccccc2O)cc1OC. The highest BCUT2D eigenvalue weighted by molar-refractivity contribution is 6.31. The van der Waals surface area contributed by atoms with Crippen molar-refractivity contribution in [2.24, 2.45) is 4.99 Å². The molecule has 36 heavy (non-hydrogen) atoms. The van der Waals surface area contributed by atoms with Crippen molar-refractivity contribution >= 4 is 17.7 Å². The van der Waals surface area contributed by atoms with E-state index in [1.807, 2.05) is 24.3 Å². The number of fused-ring (bicyclic) bond motifs is 1. The number of aliphatic imine (C=N–C) groups is 1. The van der Waals surface area contributed by atoms with E-state index in [1.54, 1.807) is 64.8 Å². The normalized spacial score (nSPS) is 12.4. The zero-order valence-corrected chi connectivity index (χ0v) is 20.6. The molecule has 3 aromatic carbocycles. The van der Waals surface area contributed by atoms with E-state index in [0.717, 1.165) is 16.7 Å². The van der Waals surface area contributed by atoms with E-state index in [0.29, 0.717) is 46.4 Å². The lowest BCUT2D eigenvalue weighted by Gasteiger charge is -2.14. The van der Waals surface area contributed by atoms with Crippen molar-refractivity contribution in [2.75, 3.05) is 28.4 Å². The van der Waals surface area contributed by atoms with E-state index in [4.69, 9.17) is 23.9 Å². The molecule has 0 saturated carbocycles. The monoisotopic (exact) mass is 488 g/mol. The fourth-order valence-corrected chi connectivity index (χ4v) is 4.03. The number of nitrogens with one attached hydrogen (secondary N) is 1. The number of benzene rings is 3. The van der Waals surface area contributed by atoms with Crippen LogP contribution >= 0.6 is 0 Å². The average Bonchev–Trinajstić information content (AvgIpc) is 3.10. The smallest absolute Gasteiger partial charge is 0.253 e. The van der Waals surface area contributed by atoms with Crippen LogP contribution in [0.25, 0.3) is 6.08 Å². The molecule has 1 aliphatic rings. The largest absolute Gasteiger partial charge is 0.507 e. The molecule has 186 valence electrons. The number of phenolic OH excluding ortho intramolecular Hbond substituents is 1. The Morgan fingerprint density at radius 1 is 0.889 bits per heavy atom. The fraction of sp³-hybridized carbons (Fsp3) is 0.214. The van der Waals surface area contributed by atoms with Gasteiger partial charge in [0.2, 0.25) is 0 Å². The van der Waals surface area contributed by atoms with Gasteiger partial charge in [0.05, 0.1) is 46.3 Å². The molecular weight excluding hydrogens is 460 g/mol. The van der Waals surface area contributed by atoms with Gasteiger partial charge in [-0.1, -0.05) is 18.2 Å². The number of carbonyl (C=O) groups is 1. The van der Waals surface area contributed by atoms with Crippen LogP contribution in [0.3, 0.4) is 0 Å². The number of methoxy groups -OCH3 is 4. The summed E-state index contributed by atoms with van der Waals surface area (Å²) in [5, 5.41) is 13.5. The molecule has 4 rings (SSSR count). The molecule has 0 aromatic heterocycles. The molecule has 0 bridgehead atoms. The summed E-state index contributed by atoms with van der Waals surface area (Å²) in [5.41, 5.74) is 3.66. The second-order valence-corrected chi connectivity index (χ2v) is 8.02. The van der Waals surface area contributed by atoms with Gasteiger partial charge in [-0.3, -0.25) is 9.79 Å². The maximum atomic E-state index is 13.5. The van der Waals surface area contributed by atoms with Crippen LogP contribution in [0.1, 0.15) is 22.3 Å². The highest BCUT2D eigenvalue weighted by Gasteiger charge is 2.24. The van der Waals surface area contributed by atoms with Crippen molar-refractivity contribution in [3.8, 4) is 28.7 Å². The Balaban J connectivity index is 1.72. The van der Waals surface area contributed by atoms with Crippen molar-refractivity contribution < 1.29 is 28.8 Å². The third-order valence-corrected chi connectivity index (χ3v) is 5.91. The van der Waals surface area contributed by atoms with Crippen molar-refractivity contribution in [2.45, 2.75) is 13.1 Å². The second-order valence-electron chi connectivity index (χ2n) is 8.02. The Kier molecular flexibility index (Phi) is 7.44. The van der Waals surface area contributed by atoms with Crippen LogP contribution in [0.4, 0.5) is 0 Å². The number of para-hydroxylation sites is 1. The molecule has 2 N–H and O–H groups in total. The molecule has 0 fully saturated rings. The van der Waals surface area contributed by atoms with Crippen molar-refractivity contribution in [1.82, 2.24) is 5.32 Å². The molecule has 3 aromatic rings. The molecule has 0 spiro atoms. The van der Waals surface area contributed by atoms with E-state index in [2.05, 4.69) is 5.32 Å². The van der Waals surface area contributed by atoms with Crippen molar-refractivity contribution in [1.29, 1.82) is 0 Å². The first-order chi connectivity index (χ1) is 17.5. The van der Waals surface area contributed by atoms with Crippen LogP contribution in [-0.2, 0) is 17.9 Å². The number of ether oxygens (including phenoxy) is 4. The van der Waals surface area contributed by atoms with E-state index in [-0.39, 0.29) is 18.2 Å². The quantitative estimate of drug-likeness (QED) is 0.495. The van der Waals surface area contributed by atoms with Gasteiger partial charge in [0.25, 0.3) is 5.91 Å². The van der Waals surface area contributed by atoms with Gasteiger partial charge in [-0.2, -0.15) is 0 Å². The van der Waals surface area contributed by atoms with Gasteiger partial charge in [-0.15, -0.1) is 0 Å². The predicted molar refractivity (Wildman–Crippen MR) is 137 cm³/mol. The minimum absolute atomic E-state index is 0.0379. The van der Waals surface area contributed by atoms with Crippen LogP contribution in [0, 0.1) is 0 Å². The van der Waals surface area contributed by atoms with E-state index >= 15 is 0 Å². The summed E-state index contributed by atoms with van der Waals surface area (Å²) < 4.78 is 21.6. The van der Waals surface area contributed by atoms with Gasteiger partial charge in [-0.25, -0.2) is 0 Å². The molecule has 0 radical (unpaired) electrons. The van der Waals surface area contributed by atoms with Crippen LogP contribution in [-0.4, -0.2) is 45.2 Å². The predicted octanol–water partition coefficient (Wildman–Crippen LogP) is 4.13.